The molecule has 0 bridgehead atoms. The molecule has 2 aromatic rings. The van der Waals surface area contributed by atoms with Gasteiger partial charge in [-0.2, -0.15) is 0 Å². The standard InChI is InChI=1S/C16H14FN3O4S/c17-11-6-9(15(23)24)3-4-12(11)19-13(21)7-10-8-25-16(18-10)20-5-1-2-14(20)22/h3-4,6,8H,1-2,5,7H2,(H,19,21)(H,23,24). The highest BCUT2D eigenvalue weighted by molar-refractivity contribution is 7.14. The Bertz CT molecular complexity index is 852. The number of rotatable bonds is 5. The monoisotopic (exact) mass is 363 g/mol. The molecule has 1 aromatic heterocycles. The van der Waals surface area contributed by atoms with E-state index in [-0.39, 0.29) is 23.6 Å². The predicted octanol–water partition coefficient (Wildman–Crippen LogP) is 2.29. The molecule has 130 valence electrons. The van der Waals surface area contributed by atoms with Gasteiger partial charge in [0, 0.05) is 18.3 Å². The minimum absolute atomic E-state index is 0.0194. The highest BCUT2D eigenvalue weighted by Crippen LogP contribution is 2.25. The number of nitrogens with one attached hydrogen (secondary N) is 1. The molecule has 2 heterocycles. The van der Waals surface area contributed by atoms with Crippen LogP contribution in [-0.2, 0) is 16.0 Å². The Labute approximate surface area is 146 Å². The Balaban J connectivity index is 1.64. The number of halogens is 1. The molecular weight excluding hydrogens is 349 g/mol. The number of benzene rings is 1. The van der Waals surface area contributed by atoms with Crippen LogP contribution in [0.2, 0.25) is 0 Å². The zero-order valence-electron chi connectivity index (χ0n) is 13.0. The second-order valence-electron chi connectivity index (χ2n) is 5.50. The van der Waals surface area contributed by atoms with Crippen molar-refractivity contribution in [3.05, 3.63) is 40.7 Å². The molecule has 0 unspecified atom stereocenters. The van der Waals surface area contributed by atoms with Crippen LogP contribution in [0.3, 0.4) is 0 Å². The quantitative estimate of drug-likeness (QED) is 0.849. The van der Waals surface area contributed by atoms with E-state index in [0.29, 0.717) is 23.8 Å². The molecule has 0 spiro atoms. The van der Waals surface area contributed by atoms with Crippen molar-refractivity contribution in [2.24, 2.45) is 0 Å². The van der Waals surface area contributed by atoms with Crippen molar-refractivity contribution in [2.75, 3.05) is 16.8 Å². The van der Waals surface area contributed by atoms with Gasteiger partial charge >= 0.3 is 5.97 Å². The van der Waals surface area contributed by atoms with Crippen LogP contribution >= 0.6 is 11.3 Å². The van der Waals surface area contributed by atoms with Gasteiger partial charge in [0.15, 0.2) is 5.13 Å². The highest BCUT2D eigenvalue weighted by atomic mass is 32.1. The van der Waals surface area contributed by atoms with Crippen molar-refractivity contribution in [2.45, 2.75) is 19.3 Å². The van der Waals surface area contributed by atoms with Crippen LogP contribution in [0.1, 0.15) is 28.9 Å². The molecule has 25 heavy (non-hydrogen) atoms. The summed E-state index contributed by atoms with van der Waals surface area (Å²) in [5.41, 5.74) is 0.190. The van der Waals surface area contributed by atoms with Gasteiger partial charge in [0.2, 0.25) is 11.8 Å². The van der Waals surface area contributed by atoms with Crippen molar-refractivity contribution in [1.29, 1.82) is 0 Å². The summed E-state index contributed by atoms with van der Waals surface area (Å²) in [7, 11) is 0. The number of anilines is 2. The molecule has 1 aliphatic heterocycles. The molecule has 0 atom stereocenters. The van der Waals surface area contributed by atoms with Gasteiger partial charge in [-0.1, -0.05) is 0 Å². The van der Waals surface area contributed by atoms with E-state index in [2.05, 4.69) is 10.3 Å². The van der Waals surface area contributed by atoms with Gasteiger partial charge in [-0.3, -0.25) is 14.5 Å². The topological polar surface area (TPSA) is 99.6 Å². The van der Waals surface area contributed by atoms with Crippen LogP contribution in [0, 0.1) is 5.82 Å². The second kappa shape index (κ2) is 6.98. The van der Waals surface area contributed by atoms with E-state index in [1.807, 2.05) is 0 Å². The third-order valence-electron chi connectivity index (χ3n) is 3.68. The predicted molar refractivity (Wildman–Crippen MR) is 89.4 cm³/mol. The maximum atomic E-state index is 13.8. The fourth-order valence-corrected chi connectivity index (χ4v) is 3.33. The number of aromatic nitrogens is 1. The van der Waals surface area contributed by atoms with E-state index in [9.17, 15) is 18.8 Å². The zero-order valence-corrected chi connectivity index (χ0v) is 13.8. The average Bonchev–Trinajstić information content (AvgIpc) is 3.17. The first-order chi connectivity index (χ1) is 11.9. The van der Waals surface area contributed by atoms with Crippen LogP contribution in [-0.4, -0.2) is 34.4 Å². The number of nitrogens with zero attached hydrogens (tertiary/aromatic N) is 2. The molecule has 2 N–H and O–H groups in total. The van der Waals surface area contributed by atoms with E-state index in [1.54, 1.807) is 10.3 Å². The molecule has 9 heteroatoms. The van der Waals surface area contributed by atoms with Gasteiger partial charge in [-0.25, -0.2) is 14.2 Å². The third-order valence-corrected chi connectivity index (χ3v) is 4.59. The van der Waals surface area contributed by atoms with E-state index in [0.717, 1.165) is 12.5 Å². The molecule has 0 saturated carbocycles. The van der Waals surface area contributed by atoms with Crippen LogP contribution < -0.4 is 10.2 Å². The maximum absolute atomic E-state index is 13.8. The van der Waals surface area contributed by atoms with E-state index in [1.165, 1.54) is 23.5 Å². The minimum Gasteiger partial charge on any atom is -0.478 e. The fourth-order valence-electron chi connectivity index (χ4n) is 2.46. The molecule has 0 radical (unpaired) electrons. The Morgan fingerprint density at radius 2 is 2.20 bits per heavy atom. The molecule has 3 rings (SSSR count). The number of hydrogen-bond acceptors (Lipinski definition) is 5. The SMILES string of the molecule is O=C(Cc1csc(N2CCCC2=O)n1)Nc1ccc(C(=O)O)cc1F. The average molecular weight is 363 g/mol. The molecular formula is C16H14FN3O4S. The number of carbonyl (C=O) groups excluding carboxylic acids is 2. The second-order valence-corrected chi connectivity index (χ2v) is 6.33. The Kier molecular flexibility index (Phi) is 4.75. The first-order valence-electron chi connectivity index (χ1n) is 7.51. The maximum Gasteiger partial charge on any atom is 0.335 e. The number of aromatic carboxylic acids is 1. The number of carbonyl (C=O) groups is 3. The van der Waals surface area contributed by atoms with Gasteiger partial charge in [0.05, 0.1) is 23.4 Å². The van der Waals surface area contributed by atoms with Crippen LogP contribution in [0.5, 0.6) is 0 Å². The lowest BCUT2D eigenvalue weighted by Crippen LogP contribution is -2.23. The third kappa shape index (κ3) is 3.82. The normalized spacial score (nSPS) is 14.0. The lowest BCUT2D eigenvalue weighted by Gasteiger charge is -2.10. The molecule has 0 aliphatic carbocycles. The van der Waals surface area contributed by atoms with Crippen LogP contribution in [0.4, 0.5) is 15.2 Å². The van der Waals surface area contributed by atoms with Crippen LogP contribution in [0.25, 0.3) is 0 Å². The van der Waals surface area contributed by atoms with Crippen molar-refractivity contribution in [3.63, 3.8) is 0 Å². The van der Waals surface area contributed by atoms with Gasteiger partial charge in [0.25, 0.3) is 0 Å². The summed E-state index contributed by atoms with van der Waals surface area (Å²) in [5, 5.41) is 13.4. The summed E-state index contributed by atoms with van der Waals surface area (Å²) in [6.45, 7) is 0.624. The minimum atomic E-state index is -1.25. The summed E-state index contributed by atoms with van der Waals surface area (Å²) in [6, 6.07) is 3.25. The smallest absolute Gasteiger partial charge is 0.335 e. The van der Waals surface area contributed by atoms with Crippen LogP contribution in [0.15, 0.2) is 23.6 Å². The van der Waals surface area contributed by atoms with E-state index < -0.39 is 17.7 Å². The van der Waals surface area contributed by atoms with Crippen molar-refractivity contribution >= 4 is 39.9 Å². The molecule has 1 fully saturated rings. The zero-order chi connectivity index (χ0) is 18.0. The molecule has 7 nitrogen and oxygen atoms in total. The van der Waals surface area contributed by atoms with Gasteiger partial charge in [0.1, 0.15) is 5.82 Å². The Morgan fingerprint density at radius 3 is 2.84 bits per heavy atom. The van der Waals surface area contributed by atoms with Gasteiger partial charge < -0.3 is 10.4 Å². The van der Waals surface area contributed by atoms with Gasteiger partial charge in [-0.15, -0.1) is 11.3 Å². The molecule has 1 aromatic carbocycles. The summed E-state index contributed by atoms with van der Waals surface area (Å²) >= 11 is 1.28. The number of hydrogen-bond donors (Lipinski definition) is 2. The Morgan fingerprint density at radius 1 is 1.40 bits per heavy atom. The number of carboxylic acids is 1. The number of carboxylic acid groups (broad SMARTS) is 1. The van der Waals surface area contributed by atoms with Crippen molar-refractivity contribution < 1.29 is 23.9 Å². The van der Waals surface area contributed by atoms with Crippen molar-refractivity contribution in [1.82, 2.24) is 4.98 Å². The summed E-state index contributed by atoms with van der Waals surface area (Å²) < 4.78 is 13.8. The lowest BCUT2D eigenvalue weighted by atomic mass is 10.2. The summed E-state index contributed by atoms with van der Waals surface area (Å²) in [5.74, 6) is -2.53. The van der Waals surface area contributed by atoms with E-state index >= 15 is 0 Å². The first kappa shape index (κ1) is 17.0. The van der Waals surface area contributed by atoms with Gasteiger partial charge in [-0.05, 0) is 24.6 Å². The number of amides is 2. The van der Waals surface area contributed by atoms with E-state index in [4.69, 9.17) is 5.11 Å². The summed E-state index contributed by atoms with van der Waals surface area (Å²) in [4.78, 5) is 40.4. The van der Waals surface area contributed by atoms with Crippen molar-refractivity contribution in [3.8, 4) is 0 Å². The largest absolute Gasteiger partial charge is 0.478 e. The Hall–Kier alpha value is -2.81. The molecule has 2 amide bonds. The first-order valence-corrected chi connectivity index (χ1v) is 8.39. The summed E-state index contributed by atoms with van der Waals surface area (Å²) in [6.07, 6.45) is 1.22. The number of thiazole rings is 1. The lowest BCUT2D eigenvalue weighted by molar-refractivity contribution is -0.117. The fraction of sp³-hybridized carbons (Fsp3) is 0.250. The molecule has 1 aliphatic rings. The highest BCUT2D eigenvalue weighted by Gasteiger charge is 2.24. The molecule has 1 saturated heterocycles.